The lowest BCUT2D eigenvalue weighted by Gasteiger charge is -2.24. The second kappa shape index (κ2) is 7.68. The van der Waals surface area contributed by atoms with Gasteiger partial charge in [0.25, 0.3) is 0 Å². The van der Waals surface area contributed by atoms with Crippen molar-refractivity contribution >= 4 is 11.6 Å². The number of halogens is 3. The average molecular weight is 330 g/mol. The highest BCUT2D eigenvalue weighted by Gasteiger charge is 2.30. The Labute approximate surface area is 133 Å². The van der Waals surface area contributed by atoms with E-state index >= 15 is 0 Å². The maximum Gasteiger partial charge on any atom is 0.416 e. The molecule has 1 fully saturated rings. The molecule has 23 heavy (non-hydrogen) atoms. The molecule has 0 saturated carbocycles. The molecule has 1 saturated heterocycles. The van der Waals surface area contributed by atoms with Crippen LogP contribution in [0.4, 0.5) is 18.9 Å². The van der Waals surface area contributed by atoms with Crippen molar-refractivity contribution in [1.82, 2.24) is 4.90 Å². The number of carbonyl (C=O) groups excluding carboxylic acids is 1. The third kappa shape index (κ3) is 5.13. The summed E-state index contributed by atoms with van der Waals surface area (Å²) in [6.45, 7) is 4.43. The van der Waals surface area contributed by atoms with Crippen molar-refractivity contribution in [2.75, 3.05) is 38.2 Å². The number of nitrogens with one attached hydrogen (secondary N) is 1. The Bertz CT molecular complexity index is 528. The van der Waals surface area contributed by atoms with Crippen LogP contribution in [0.15, 0.2) is 24.3 Å². The number of anilines is 1. The van der Waals surface area contributed by atoms with Gasteiger partial charge in [-0.3, -0.25) is 4.79 Å². The standard InChI is InChI=1S/C16H21F3N2O2/c1-2-21(10-12-6-7-23-11-12)15(22)9-20-14-5-3-4-13(8-14)16(17,18)19/h3-5,8,12,20H,2,6-7,9-11H2,1H3. The molecule has 4 nitrogen and oxygen atoms in total. The first-order valence-electron chi connectivity index (χ1n) is 7.66. The highest BCUT2D eigenvalue weighted by atomic mass is 19.4. The fraction of sp³-hybridized carbons (Fsp3) is 0.562. The van der Waals surface area contributed by atoms with Crippen LogP contribution < -0.4 is 5.32 Å². The van der Waals surface area contributed by atoms with Crippen molar-refractivity contribution in [2.45, 2.75) is 19.5 Å². The molecule has 1 unspecified atom stereocenters. The first kappa shape index (κ1) is 17.6. The van der Waals surface area contributed by atoms with E-state index < -0.39 is 11.7 Å². The summed E-state index contributed by atoms with van der Waals surface area (Å²) < 4.78 is 43.3. The van der Waals surface area contributed by atoms with Crippen molar-refractivity contribution in [3.05, 3.63) is 29.8 Å². The number of hydrogen-bond donors (Lipinski definition) is 1. The molecule has 0 spiro atoms. The maximum absolute atomic E-state index is 12.7. The van der Waals surface area contributed by atoms with E-state index in [4.69, 9.17) is 4.74 Å². The van der Waals surface area contributed by atoms with Gasteiger partial charge in [-0.05, 0) is 31.5 Å². The number of carbonyl (C=O) groups is 1. The Hall–Kier alpha value is -1.76. The highest BCUT2D eigenvalue weighted by molar-refractivity contribution is 5.80. The number of nitrogens with zero attached hydrogens (tertiary/aromatic N) is 1. The topological polar surface area (TPSA) is 41.6 Å². The van der Waals surface area contributed by atoms with Crippen LogP contribution in [0.1, 0.15) is 18.9 Å². The number of alkyl halides is 3. The Morgan fingerprint density at radius 1 is 1.43 bits per heavy atom. The molecule has 0 bridgehead atoms. The molecule has 1 aromatic rings. The van der Waals surface area contributed by atoms with Crippen LogP contribution >= 0.6 is 0 Å². The van der Waals surface area contributed by atoms with Gasteiger partial charge >= 0.3 is 6.18 Å². The van der Waals surface area contributed by atoms with Gasteiger partial charge in [-0.15, -0.1) is 0 Å². The Balaban J connectivity index is 1.89. The molecular formula is C16H21F3N2O2. The van der Waals surface area contributed by atoms with Gasteiger partial charge in [-0.25, -0.2) is 0 Å². The predicted octanol–water partition coefficient (Wildman–Crippen LogP) is 3.00. The van der Waals surface area contributed by atoms with Crippen molar-refractivity contribution < 1.29 is 22.7 Å². The molecule has 0 aliphatic carbocycles. The molecule has 1 heterocycles. The number of hydrogen-bond acceptors (Lipinski definition) is 3. The van der Waals surface area contributed by atoms with Crippen LogP contribution in [-0.2, 0) is 15.7 Å². The molecule has 2 rings (SSSR count). The SMILES string of the molecule is CCN(CC1CCOC1)C(=O)CNc1cccc(C(F)(F)F)c1. The molecular weight excluding hydrogens is 309 g/mol. The molecule has 7 heteroatoms. The summed E-state index contributed by atoms with van der Waals surface area (Å²) in [5.41, 5.74) is -0.446. The van der Waals surface area contributed by atoms with Crippen LogP contribution in [0.3, 0.4) is 0 Å². The highest BCUT2D eigenvalue weighted by Crippen LogP contribution is 2.30. The fourth-order valence-corrected chi connectivity index (χ4v) is 2.54. The Kier molecular flexibility index (Phi) is 5.87. The lowest BCUT2D eigenvalue weighted by molar-refractivity contribution is -0.137. The third-order valence-corrected chi connectivity index (χ3v) is 3.87. The minimum absolute atomic E-state index is 0.0251. The minimum Gasteiger partial charge on any atom is -0.381 e. The van der Waals surface area contributed by atoms with Gasteiger partial charge in [-0.2, -0.15) is 13.2 Å². The second-order valence-electron chi connectivity index (χ2n) is 5.59. The van der Waals surface area contributed by atoms with Gasteiger partial charge in [0.15, 0.2) is 0 Å². The monoisotopic (exact) mass is 330 g/mol. The number of rotatable bonds is 6. The summed E-state index contributed by atoms with van der Waals surface area (Å²) in [6.07, 6.45) is -3.45. The van der Waals surface area contributed by atoms with Gasteiger partial charge in [0, 0.05) is 31.3 Å². The first-order valence-corrected chi connectivity index (χ1v) is 7.66. The van der Waals surface area contributed by atoms with E-state index in [2.05, 4.69) is 5.32 Å². The van der Waals surface area contributed by atoms with E-state index in [0.717, 1.165) is 25.2 Å². The summed E-state index contributed by atoms with van der Waals surface area (Å²) in [5.74, 6) is 0.212. The van der Waals surface area contributed by atoms with Crippen LogP contribution in [0.5, 0.6) is 0 Å². The smallest absolute Gasteiger partial charge is 0.381 e. The summed E-state index contributed by atoms with van der Waals surface area (Å²) in [4.78, 5) is 13.9. The maximum atomic E-state index is 12.7. The molecule has 1 N–H and O–H groups in total. The largest absolute Gasteiger partial charge is 0.416 e. The molecule has 1 aromatic carbocycles. The molecule has 128 valence electrons. The van der Waals surface area contributed by atoms with E-state index in [1.165, 1.54) is 12.1 Å². The average Bonchev–Trinajstić information content (AvgIpc) is 3.03. The van der Waals surface area contributed by atoms with Crippen LogP contribution in [0, 0.1) is 5.92 Å². The molecule has 1 atom stereocenters. The third-order valence-electron chi connectivity index (χ3n) is 3.87. The number of likely N-dealkylation sites (N-methyl/N-ethyl adjacent to an activating group) is 1. The Morgan fingerprint density at radius 3 is 2.83 bits per heavy atom. The zero-order chi connectivity index (χ0) is 16.9. The van der Waals surface area contributed by atoms with Crippen LogP contribution in [-0.4, -0.2) is 43.7 Å². The summed E-state index contributed by atoms with van der Waals surface area (Å²) >= 11 is 0. The lowest BCUT2D eigenvalue weighted by atomic mass is 10.1. The van der Waals surface area contributed by atoms with Crippen LogP contribution in [0.2, 0.25) is 0 Å². The van der Waals surface area contributed by atoms with Gasteiger partial charge in [0.2, 0.25) is 5.91 Å². The minimum atomic E-state index is -4.39. The molecule has 0 aromatic heterocycles. The van der Waals surface area contributed by atoms with Gasteiger partial charge in [-0.1, -0.05) is 6.07 Å². The molecule has 0 radical (unpaired) electrons. The van der Waals surface area contributed by atoms with E-state index in [9.17, 15) is 18.0 Å². The molecule has 1 aliphatic heterocycles. The number of amides is 1. The van der Waals surface area contributed by atoms with Crippen molar-refractivity contribution in [3.63, 3.8) is 0 Å². The molecule has 1 aliphatic rings. The molecule has 1 amide bonds. The quantitative estimate of drug-likeness (QED) is 0.872. The Morgan fingerprint density at radius 2 is 2.22 bits per heavy atom. The van der Waals surface area contributed by atoms with Crippen LogP contribution in [0.25, 0.3) is 0 Å². The van der Waals surface area contributed by atoms with E-state index in [1.54, 1.807) is 4.90 Å². The van der Waals surface area contributed by atoms with Gasteiger partial charge in [0.1, 0.15) is 0 Å². The number of benzene rings is 1. The fourth-order valence-electron chi connectivity index (χ4n) is 2.54. The van der Waals surface area contributed by atoms with Crippen molar-refractivity contribution in [1.29, 1.82) is 0 Å². The van der Waals surface area contributed by atoms with Gasteiger partial charge < -0.3 is 15.0 Å². The first-order chi connectivity index (χ1) is 10.9. The van der Waals surface area contributed by atoms with Gasteiger partial charge in [0.05, 0.1) is 18.7 Å². The van der Waals surface area contributed by atoms with E-state index in [1.807, 2.05) is 6.92 Å². The van der Waals surface area contributed by atoms with Crippen molar-refractivity contribution in [2.24, 2.45) is 5.92 Å². The normalized spacial score (nSPS) is 18.0. The van der Waals surface area contributed by atoms with Crippen molar-refractivity contribution in [3.8, 4) is 0 Å². The van der Waals surface area contributed by atoms with E-state index in [0.29, 0.717) is 25.6 Å². The second-order valence-corrected chi connectivity index (χ2v) is 5.59. The number of ether oxygens (including phenoxy) is 1. The lowest BCUT2D eigenvalue weighted by Crippen LogP contribution is -2.39. The summed E-state index contributed by atoms with van der Waals surface area (Å²) in [6, 6.07) is 4.85. The summed E-state index contributed by atoms with van der Waals surface area (Å²) in [5, 5.41) is 2.77. The zero-order valence-electron chi connectivity index (χ0n) is 13.0. The predicted molar refractivity (Wildman–Crippen MR) is 81.1 cm³/mol. The van der Waals surface area contributed by atoms with E-state index in [-0.39, 0.29) is 18.1 Å². The summed E-state index contributed by atoms with van der Waals surface area (Å²) in [7, 11) is 0. The zero-order valence-corrected chi connectivity index (χ0v) is 13.0.